The molecule has 7 heteroatoms. The maximum atomic E-state index is 11.3. The third-order valence-electron chi connectivity index (χ3n) is 1.42. The zero-order valence-electron chi connectivity index (χ0n) is 7.26. The Balaban J connectivity index is 2.37. The predicted molar refractivity (Wildman–Crippen MR) is 54.6 cm³/mol. The molecule has 0 aliphatic heterocycles. The molecule has 0 aliphatic carbocycles. The van der Waals surface area contributed by atoms with E-state index in [9.17, 15) is 13.2 Å². The number of hydrogen-bond acceptors (Lipinski definition) is 4. The molecule has 3 N–H and O–H groups in total. The predicted octanol–water partition coefficient (Wildman–Crippen LogP) is -0.234. The summed E-state index contributed by atoms with van der Waals surface area (Å²) < 4.78 is 21.1. The van der Waals surface area contributed by atoms with E-state index in [0.29, 0.717) is 4.88 Å². The Hall–Kier alpha value is -0.920. The monoisotopic (exact) mass is 234 g/mol. The van der Waals surface area contributed by atoms with E-state index in [1.54, 1.807) is 17.5 Å². The lowest BCUT2D eigenvalue weighted by Gasteiger charge is -2.01. The van der Waals surface area contributed by atoms with Crippen molar-refractivity contribution in [3.63, 3.8) is 0 Å². The average molecular weight is 234 g/mol. The van der Waals surface area contributed by atoms with Crippen molar-refractivity contribution in [2.24, 2.45) is 5.14 Å². The number of carbonyl (C=O) groups excluding carboxylic acids is 1. The van der Waals surface area contributed by atoms with Crippen LogP contribution in [0.4, 0.5) is 0 Å². The number of amides is 1. The Morgan fingerprint density at radius 1 is 1.57 bits per heavy atom. The molecule has 1 aromatic heterocycles. The van der Waals surface area contributed by atoms with Crippen molar-refractivity contribution in [2.45, 2.75) is 0 Å². The lowest BCUT2D eigenvalue weighted by atomic mass is 10.4. The summed E-state index contributed by atoms with van der Waals surface area (Å²) in [4.78, 5) is 11.8. The van der Waals surface area contributed by atoms with Gasteiger partial charge in [-0.1, -0.05) is 6.07 Å². The second-order valence-electron chi connectivity index (χ2n) is 2.60. The Kier molecular flexibility index (Phi) is 3.62. The third kappa shape index (κ3) is 3.86. The summed E-state index contributed by atoms with van der Waals surface area (Å²) in [5, 5.41) is 8.99. The first-order chi connectivity index (χ1) is 6.49. The lowest BCUT2D eigenvalue weighted by Crippen LogP contribution is -2.31. The van der Waals surface area contributed by atoms with Crippen molar-refractivity contribution < 1.29 is 13.2 Å². The normalized spacial score (nSPS) is 11.2. The van der Waals surface area contributed by atoms with Crippen LogP contribution in [0.3, 0.4) is 0 Å². The smallest absolute Gasteiger partial charge is 0.261 e. The molecule has 0 saturated carbocycles. The average Bonchev–Trinajstić information content (AvgIpc) is 2.53. The number of hydrogen-bond donors (Lipinski definition) is 2. The molecular weight excluding hydrogens is 224 g/mol. The van der Waals surface area contributed by atoms with Crippen LogP contribution < -0.4 is 10.5 Å². The Morgan fingerprint density at radius 3 is 2.79 bits per heavy atom. The molecule has 78 valence electrons. The van der Waals surface area contributed by atoms with Crippen LogP contribution in [0.25, 0.3) is 0 Å². The van der Waals surface area contributed by atoms with Gasteiger partial charge in [-0.3, -0.25) is 4.79 Å². The highest BCUT2D eigenvalue weighted by Crippen LogP contribution is 2.07. The summed E-state index contributed by atoms with van der Waals surface area (Å²) in [7, 11) is -3.50. The minimum Gasteiger partial charge on any atom is -0.350 e. The summed E-state index contributed by atoms with van der Waals surface area (Å²) in [6.45, 7) is 0.0373. The summed E-state index contributed by atoms with van der Waals surface area (Å²) >= 11 is 1.30. The third-order valence-corrected chi connectivity index (χ3v) is 3.06. The molecule has 0 bridgehead atoms. The highest BCUT2D eigenvalue weighted by molar-refractivity contribution is 7.89. The van der Waals surface area contributed by atoms with Crippen molar-refractivity contribution in [2.75, 3.05) is 12.3 Å². The molecule has 1 heterocycles. The van der Waals surface area contributed by atoms with Crippen molar-refractivity contribution in [1.29, 1.82) is 0 Å². The summed E-state index contributed by atoms with van der Waals surface area (Å²) in [6.07, 6.45) is 0. The van der Waals surface area contributed by atoms with Gasteiger partial charge >= 0.3 is 0 Å². The molecule has 14 heavy (non-hydrogen) atoms. The van der Waals surface area contributed by atoms with Gasteiger partial charge < -0.3 is 5.32 Å². The molecule has 0 spiro atoms. The van der Waals surface area contributed by atoms with E-state index in [1.807, 2.05) is 0 Å². The van der Waals surface area contributed by atoms with Gasteiger partial charge in [-0.25, -0.2) is 13.6 Å². The van der Waals surface area contributed by atoms with Crippen LogP contribution >= 0.6 is 11.3 Å². The quantitative estimate of drug-likeness (QED) is 0.754. The Labute approximate surface area is 86.0 Å². The van der Waals surface area contributed by atoms with Gasteiger partial charge in [0.2, 0.25) is 10.0 Å². The van der Waals surface area contributed by atoms with E-state index in [4.69, 9.17) is 5.14 Å². The minimum absolute atomic E-state index is 0.0373. The van der Waals surface area contributed by atoms with Gasteiger partial charge in [0.1, 0.15) is 0 Å². The maximum Gasteiger partial charge on any atom is 0.261 e. The summed E-state index contributed by atoms with van der Waals surface area (Å²) in [5.41, 5.74) is 0. The van der Waals surface area contributed by atoms with Crippen LogP contribution in [0.1, 0.15) is 9.67 Å². The molecule has 5 nitrogen and oxygen atoms in total. The number of sulfonamides is 1. The van der Waals surface area contributed by atoms with E-state index in [2.05, 4.69) is 5.32 Å². The van der Waals surface area contributed by atoms with Crippen molar-refractivity contribution >= 4 is 27.3 Å². The van der Waals surface area contributed by atoms with Crippen molar-refractivity contribution in [3.05, 3.63) is 22.4 Å². The summed E-state index contributed by atoms with van der Waals surface area (Å²) in [6, 6.07) is 3.41. The Bertz CT molecular complexity index is 397. The second-order valence-corrected chi connectivity index (χ2v) is 5.28. The standard InChI is InChI=1S/C7H10N2O3S2/c8-14(11,12)5-3-9-7(10)6-2-1-4-13-6/h1-2,4H,3,5H2,(H,9,10)(H2,8,11,12). The fraction of sp³-hybridized carbons (Fsp3) is 0.286. The number of nitrogens with two attached hydrogens (primary N) is 1. The highest BCUT2D eigenvalue weighted by atomic mass is 32.2. The zero-order valence-corrected chi connectivity index (χ0v) is 8.90. The molecule has 1 rings (SSSR count). The Morgan fingerprint density at radius 2 is 2.29 bits per heavy atom. The van der Waals surface area contributed by atoms with Crippen LogP contribution in [0.5, 0.6) is 0 Å². The first-order valence-corrected chi connectivity index (χ1v) is 6.41. The molecule has 0 aliphatic rings. The van der Waals surface area contributed by atoms with Gasteiger partial charge in [-0.05, 0) is 11.4 Å². The van der Waals surface area contributed by atoms with E-state index in [-0.39, 0.29) is 18.2 Å². The fourth-order valence-corrected chi connectivity index (χ4v) is 1.83. The minimum atomic E-state index is -3.50. The molecule has 0 radical (unpaired) electrons. The van der Waals surface area contributed by atoms with Crippen molar-refractivity contribution in [1.82, 2.24) is 5.32 Å². The van der Waals surface area contributed by atoms with Gasteiger partial charge in [0.05, 0.1) is 10.6 Å². The SMILES string of the molecule is NS(=O)(=O)CCNC(=O)c1cccs1. The van der Waals surface area contributed by atoms with Gasteiger partial charge in [0.25, 0.3) is 5.91 Å². The first kappa shape index (κ1) is 11.2. The van der Waals surface area contributed by atoms with Crippen LogP contribution in [0.2, 0.25) is 0 Å². The van der Waals surface area contributed by atoms with Crippen LogP contribution in [0, 0.1) is 0 Å². The van der Waals surface area contributed by atoms with Crippen LogP contribution in [0.15, 0.2) is 17.5 Å². The largest absolute Gasteiger partial charge is 0.350 e. The lowest BCUT2D eigenvalue weighted by molar-refractivity contribution is 0.0960. The van der Waals surface area contributed by atoms with Gasteiger partial charge in [0, 0.05) is 6.54 Å². The fourth-order valence-electron chi connectivity index (χ4n) is 0.802. The summed E-state index contributed by atoms with van der Waals surface area (Å²) in [5.74, 6) is -0.520. The highest BCUT2D eigenvalue weighted by Gasteiger charge is 2.07. The zero-order chi connectivity index (χ0) is 10.6. The number of rotatable bonds is 4. The second kappa shape index (κ2) is 4.54. The number of carbonyl (C=O) groups is 1. The molecule has 1 aromatic rings. The molecule has 0 fully saturated rings. The molecule has 0 unspecified atom stereocenters. The van der Waals surface area contributed by atoms with E-state index < -0.39 is 10.0 Å². The van der Waals surface area contributed by atoms with Gasteiger partial charge in [-0.2, -0.15) is 0 Å². The van der Waals surface area contributed by atoms with Gasteiger partial charge in [0.15, 0.2) is 0 Å². The van der Waals surface area contributed by atoms with Crippen LogP contribution in [-0.4, -0.2) is 26.6 Å². The van der Waals surface area contributed by atoms with Crippen LogP contribution in [-0.2, 0) is 10.0 Å². The molecule has 0 saturated heterocycles. The molecule has 0 atom stereocenters. The van der Waals surface area contributed by atoms with Crippen molar-refractivity contribution in [3.8, 4) is 0 Å². The molecule has 1 amide bonds. The first-order valence-electron chi connectivity index (χ1n) is 3.81. The maximum absolute atomic E-state index is 11.3. The number of nitrogens with one attached hydrogen (secondary N) is 1. The number of thiophene rings is 1. The van der Waals surface area contributed by atoms with Gasteiger partial charge in [-0.15, -0.1) is 11.3 Å². The molecule has 0 aromatic carbocycles. The van der Waals surface area contributed by atoms with E-state index >= 15 is 0 Å². The van der Waals surface area contributed by atoms with E-state index in [0.717, 1.165) is 0 Å². The number of primary sulfonamides is 1. The van der Waals surface area contributed by atoms with E-state index in [1.165, 1.54) is 11.3 Å². The topological polar surface area (TPSA) is 89.3 Å². The molecular formula is C7H10N2O3S2.